The molecule has 6 aromatic rings. The summed E-state index contributed by atoms with van der Waals surface area (Å²) in [4.78, 5) is 68.1. The van der Waals surface area contributed by atoms with E-state index in [1.165, 1.54) is 24.3 Å². The van der Waals surface area contributed by atoms with Crippen molar-refractivity contribution in [1.29, 1.82) is 0 Å². The molecule has 0 atom stereocenters. The standard InChI is InChI=1S/C58H67F4N9O10/c1-7-77-55(74)63-43-13-9-11-39(29-43)35-70-51(72)17-15-49(65-70)41-31-45(59)53(46(60)32-41)79-28-27-68(6)26-25-67(5)24-21-58(3,4)81-57(76)69-22-19-38(20-23-69)37-80-54-47(61)33-42(34-48(54)62)50-16-18-52(73)71(66-50)36-40-12-10-14-44(30-40)64-56(75)78-8-2/h9-18,29-34,38H,7-8,19-28,35-37H2,1-6H3,(H,63,74)(H,64,75). The Morgan fingerprint density at radius 1 is 0.630 bits per heavy atom. The molecular weight excluding hydrogens is 1060 g/mol. The van der Waals surface area contributed by atoms with Crippen LogP contribution in [0.5, 0.6) is 11.5 Å². The van der Waals surface area contributed by atoms with E-state index < -0.39 is 69.8 Å². The van der Waals surface area contributed by atoms with E-state index in [4.69, 9.17) is 23.7 Å². The number of halogens is 4. The molecule has 1 aliphatic heterocycles. The van der Waals surface area contributed by atoms with Crippen molar-refractivity contribution in [3.8, 4) is 34.0 Å². The number of piperidine rings is 1. The summed E-state index contributed by atoms with van der Waals surface area (Å²) < 4.78 is 90.8. The summed E-state index contributed by atoms with van der Waals surface area (Å²) in [6.07, 6.45) is -0.118. The number of rotatable bonds is 24. The van der Waals surface area contributed by atoms with E-state index in [1.54, 1.807) is 67.3 Å². The van der Waals surface area contributed by atoms with Gasteiger partial charge in [-0.2, -0.15) is 10.2 Å². The van der Waals surface area contributed by atoms with Crippen LogP contribution in [0.25, 0.3) is 22.5 Å². The highest BCUT2D eigenvalue weighted by Crippen LogP contribution is 2.31. The highest BCUT2D eigenvalue weighted by atomic mass is 19.1. The Morgan fingerprint density at radius 3 is 1.56 bits per heavy atom. The van der Waals surface area contributed by atoms with Gasteiger partial charge < -0.3 is 38.4 Å². The molecule has 0 bridgehead atoms. The Hall–Kier alpha value is -8.31. The van der Waals surface area contributed by atoms with Crippen molar-refractivity contribution in [2.24, 2.45) is 5.92 Å². The van der Waals surface area contributed by atoms with Crippen LogP contribution in [-0.4, -0.2) is 138 Å². The molecule has 0 unspecified atom stereocenters. The van der Waals surface area contributed by atoms with Crippen LogP contribution >= 0.6 is 0 Å². The van der Waals surface area contributed by atoms with Crippen LogP contribution in [0, 0.1) is 29.2 Å². The first-order chi connectivity index (χ1) is 38.8. The Labute approximate surface area is 466 Å². The fraction of sp³-hybridized carbons (Fsp3) is 0.397. The minimum Gasteiger partial charge on any atom is -0.487 e. The molecule has 3 amide bonds. The van der Waals surface area contributed by atoms with Gasteiger partial charge in [-0.25, -0.2) is 41.3 Å². The highest BCUT2D eigenvalue weighted by molar-refractivity contribution is 5.85. The van der Waals surface area contributed by atoms with E-state index in [2.05, 4.69) is 25.7 Å². The second-order valence-electron chi connectivity index (χ2n) is 20.1. The summed E-state index contributed by atoms with van der Waals surface area (Å²) in [5.74, 6) is -4.88. The van der Waals surface area contributed by atoms with Crippen molar-refractivity contribution < 1.29 is 55.6 Å². The predicted octanol–water partition coefficient (Wildman–Crippen LogP) is 9.26. The molecule has 23 heteroatoms. The number of nitrogens with one attached hydrogen (secondary N) is 2. The molecule has 0 saturated carbocycles. The summed E-state index contributed by atoms with van der Waals surface area (Å²) in [7, 11) is 3.80. The number of aromatic nitrogens is 4. The van der Waals surface area contributed by atoms with Crippen molar-refractivity contribution in [2.75, 3.05) is 90.4 Å². The molecule has 4 aromatic carbocycles. The van der Waals surface area contributed by atoms with Gasteiger partial charge in [0.05, 0.1) is 44.3 Å². The Morgan fingerprint density at radius 2 is 1.09 bits per heavy atom. The van der Waals surface area contributed by atoms with Crippen LogP contribution < -0.4 is 31.2 Å². The molecule has 0 aliphatic carbocycles. The number of benzene rings is 4. The molecule has 19 nitrogen and oxygen atoms in total. The van der Waals surface area contributed by atoms with Crippen LogP contribution in [0.4, 0.5) is 43.3 Å². The van der Waals surface area contributed by atoms with Crippen molar-refractivity contribution >= 4 is 29.7 Å². The third-order valence-electron chi connectivity index (χ3n) is 13.3. The average Bonchev–Trinajstić information content (AvgIpc) is 3.47. The van der Waals surface area contributed by atoms with Gasteiger partial charge in [-0.3, -0.25) is 20.2 Å². The number of ether oxygens (including phenoxy) is 5. The number of nitrogens with zero attached hydrogens (tertiary/aromatic N) is 7. The second kappa shape index (κ2) is 28.2. The first-order valence-electron chi connectivity index (χ1n) is 26.6. The lowest BCUT2D eigenvalue weighted by molar-refractivity contribution is -0.00258. The number of likely N-dealkylation sites (tertiary alicyclic amines) is 1. The molecule has 1 saturated heterocycles. The normalized spacial score (nSPS) is 12.8. The number of carbonyl (C=O) groups excluding carboxylic acids is 3. The maximum atomic E-state index is 15.4. The molecule has 1 aliphatic rings. The second-order valence-corrected chi connectivity index (χ2v) is 20.1. The Kier molecular flexibility index (Phi) is 21.0. The largest absolute Gasteiger partial charge is 0.487 e. The minimum absolute atomic E-state index is 0.000417. The Bertz CT molecular complexity index is 3230. The lowest BCUT2D eigenvalue weighted by atomic mass is 9.98. The van der Waals surface area contributed by atoms with Gasteiger partial charge in [0, 0.05) is 73.9 Å². The number of anilines is 2. The monoisotopic (exact) mass is 1130 g/mol. The summed E-state index contributed by atoms with van der Waals surface area (Å²) in [6.45, 7) is 10.5. The minimum atomic E-state index is -0.937. The summed E-state index contributed by atoms with van der Waals surface area (Å²) in [6, 6.07) is 23.2. The summed E-state index contributed by atoms with van der Waals surface area (Å²) in [5.41, 5.74) is 1.04. The lowest BCUT2D eigenvalue weighted by Crippen LogP contribution is -2.44. The number of carbonyl (C=O) groups is 3. The van der Waals surface area contributed by atoms with E-state index in [0.717, 1.165) is 33.6 Å². The molecule has 0 spiro atoms. The summed E-state index contributed by atoms with van der Waals surface area (Å²) >= 11 is 0. The van der Waals surface area contributed by atoms with Gasteiger partial charge >= 0.3 is 18.3 Å². The molecular formula is C58H67F4N9O10. The first-order valence-corrected chi connectivity index (χ1v) is 26.6. The smallest absolute Gasteiger partial charge is 0.411 e. The number of amides is 3. The average molecular weight is 1130 g/mol. The molecule has 2 aromatic heterocycles. The van der Waals surface area contributed by atoms with Crippen molar-refractivity contribution in [3.05, 3.63) is 152 Å². The molecule has 0 radical (unpaired) electrons. The van der Waals surface area contributed by atoms with Crippen LogP contribution in [0.3, 0.4) is 0 Å². The molecule has 7 rings (SSSR count). The lowest BCUT2D eigenvalue weighted by Gasteiger charge is -2.35. The number of hydrogen-bond donors (Lipinski definition) is 2. The van der Waals surface area contributed by atoms with Gasteiger partial charge in [-0.15, -0.1) is 0 Å². The van der Waals surface area contributed by atoms with Gasteiger partial charge in [-0.1, -0.05) is 24.3 Å². The first kappa shape index (κ1) is 60.3. The van der Waals surface area contributed by atoms with Crippen LogP contribution in [0.1, 0.15) is 58.1 Å². The predicted molar refractivity (Wildman–Crippen MR) is 296 cm³/mol. The fourth-order valence-electron chi connectivity index (χ4n) is 8.70. The topological polar surface area (TPSA) is 201 Å². The zero-order valence-electron chi connectivity index (χ0n) is 46.1. The molecule has 2 N–H and O–H groups in total. The molecule has 1 fully saturated rings. The maximum Gasteiger partial charge on any atom is 0.411 e. The van der Waals surface area contributed by atoms with Gasteiger partial charge in [0.1, 0.15) is 12.2 Å². The quantitative estimate of drug-likeness (QED) is 0.0429. The van der Waals surface area contributed by atoms with E-state index in [0.29, 0.717) is 81.0 Å². The SMILES string of the molecule is CCOC(=O)Nc1cccc(Cn2nc(-c3cc(F)c(OCCN(C)CCN(C)CCC(C)(C)OC(=O)N4CCC(COc5c(F)cc(-c6ccc(=O)n(Cc7cccc(NC(=O)OCC)c7)n6)cc5F)CC4)c(F)c3)ccc2=O)c1. The Balaban J connectivity index is 0.799. The van der Waals surface area contributed by atoms with Crippen molar-refractivity contribution in [2.45, 2.75) is 65.6 Å². The van der Waals surface area contributed by atoms with Gasteiger partial charge in [0.2, 0.25) is 0 Å². The number of hydrogen-bond acceptors (Lipinski definition) is 14. The molecule has 81 heavy (non-hydrogen) atoms. The fourth-order valence-corrected chi connectivity index (χ4v) is 8.70. The van der Waals surface area contributed by atoms with Gasteiger partial charge in [0.25, 0.3) is 11.1 Å². The maximum absolute atomic E-state index is 15.4. The number of likely N-dealkylation sites (N-methyl/N-ethyl adjacent to an activating group) is 2. The van der Waals surface area contributed by atoms with Crippen LogP contribution in [0.2, 0.25) is 0 Å². The van der Waals surface area contributed by atoms with Gasteiger partial charge in [-0.05, 0) is 139 Å². The van der Waals surface area contributed by atoms with E-state index in [1.807, 2.05) is 32.8 Å². The third-order valence-corrected chi connectivity index (χ3v) is 13.3. The molecule has 432 valence electrons. The zero-order chi connectivity index (χ0) is 58.2. The van der Waals surface area contributed by atoms with E-state index in [9.17, 15) is 24.0 Å². The van der Waals surface area contributed by atoms with Crippen LogP contribution in [-0.2, 0) is 27.3 Å². The van der Waals surface area contributed by atoms with E-state index >= 15 is 17.6 Å². The third kappa shape index (κ3) is 17.6. The zero-order valence-corrected chi connectivity index (χ0v) is 46.1. The van der Waals surface area contributed by atoms with Crippen molar-refractivity contribution in [1.82, 2.24) is 34.3 Å². The van der Waals surface area contributed by atoms with Gasteiger partial charge in [0.15, 0.2) is 34.8 Å². The molecule has 3 heterocycles. The summed E-state index contributed by atoms with van der Waals surface area (Å²) in [5, 5.41) is 13.9. The van der Waals surface area contributed by atoms with E-state index in [-0.39, 0.29) is 67.9 Å². The highest BCUT2D eigenvalue weighted by Gasteiger charge is 2.30. The van der Waals surface area contributed by atoms with Crippen molar-refractivity contribution in [3.63, 3.8) is 0 Å². The van der Waals surface area contributed by atoms with Crippen LogP contribution in [0.15, 0.2) is 107 Å².